The monoisotopic (exact) mass is 651 g/mol. The molecule has 1 aliphatic rings. The van der Waals surface area contributed by atoms with Crippen molar-refractivity contribution in [3.8, 4) is 0 Å². The molecule has 5 aromatic rings. The molecular formula is C39H29N3O5S. The number of rotatable bonds is 9. The summed E-state index contributed by atoms with van der Waals surface area (Å²) in [6.45, 7) is 1.96. The van der Waals surface area contributed by atoms with E-state index in [0.29, 0.717) is 27.3 Å². The number of nitrogens with one attached hydrogen (secondary N) is 3. The summed E-state index contributed by atoms with van der Waals surface area (Å²) in [6, 6.07) is 34.6. The molecule has 0 saturated heterocycles. The van der Waals surface area contributed by atoms with Crippen LogP contribution >= 0.6 is 11.8 Å². The standard InChI is InChI=1S/C39H29N3O5S/c1-24-17-19-25(20-18-24)21-33(42-38(46)26-9-3-2-4-10-26)39(47)40-27-11-7-12-28(22-27)48-23-34(43)41-32-16-8-15-31-35(32)37(45)30-14-6-5-13-29(30)36(31)44/h2-22H,23H2,1H3,(H,40,47)(H,41,43)(H,42,46)/b33-21+. The zero-order valence-corrected chi connectivity index (χ0v) is 26.6. The Hall–Kier alpha value is -6.06. The van der Waals surface area contributed by atoms with E-state index in [1.807, 2.05) is 31.2 Å². The van der Waals surface area contributed by atoms with Crippen LogP contribution in [0.5, 0.6) is 0 Å². The average Bonchev–Trinajstić information content (AvgIpc) is 3.11. The van der Waals surface area contributed by atoms with Crippen molar-refractivity contribution in [3.05, 3.63) is 166 Å². The molecule has 236 valence electrons. The van der Waals surface area contributed by atoms with E-state index in [1.54, 1.807) is 103 Å². The SMILES string of the molecule is Cc1ccc(/C=C(/NC(=O)c2ccccc2)C(=O)Nc2cccc(SCC(=O)Nc3cccc4c3C(=O)c3ccccc3C4=O)c2)cc1. The third kappa shape index (κ3) is 7.16. The Morgan fingerprint density at radius 2 is 1.35 bits per heavy atom. The van der Waals surface area contributed by atoms with Crippen molar-refractivity contribution in [3.63, 3.8) is 0 Å². The highest BCUT2D eigenvalue weighted by atomic mass is 32.2. The first-order chi connectivity index (χ1) is 23.3. The summed E-state index contributed by atoms with van der Waals surface area (Å²) in [7, 11) is 0. The number of carbonyl (C=O) groups excluding carboxylic acids is 5. The summed E-state index contributed by atoms with van der Waals surface area (Å²) in [4.78, 5) is 66.5. The zero-order valence-electron chi connectivity index (χ0n) is 25.8. The molecule has 0 radical (unpaired) electrons. The van der Waals surface area contributed by atoms with Crippen LogP contribution in [-0.2, 0) is 9.59 Å². The smallest absolute Gasteiger partial charge is 0.272 e. The number of anilines is 2. The summed E-state index contributed by atoms with van der Waals surface area (Å²) < 4.78 is 0. The fourth-order valence-corrected chi connectivity index (χ4v) is 5.97. The van der Waals surface area contributed by atoms with Crippen LogP contribution in [0, 0.1) is 6.92 Å². The molecule has 0 atom stereocenters. The van der Waals surface area contributed by atoms with E-state index in [2.05, 4.69) is 16.0 Å². The quantitative estimate of drug-likeness (QED) is 0.115. The number of hydrogen-bond donors (Lipinski definition) is 3. The minimum atomic E-state index is -0.519. The van der Waals surface area contributed by atoms with Crippen molar-refractivity contribution in [1.29, 1.82) is 0 Å². The first kappa shape index (κ1) is 31.9. The Balaban J connectivity index is 1.13. The fourth-order valence-electron chi connectivity index (χ4n) is 5.22. The molecule has 0 aliphatic heterocycles. The summed E-state index contributed by atoms with van der Waals surface area (Å²) in [5.74, 6) is -1.88. The van der Waals surface area contributed by atoms with E-state index in [9.17, 15) is 24.0 Å². The molecule has 5 aromatic carbocycles. The summed E-state index contributed by atoms with van der Waals surface area (Å²) in [5, 5.41) is 8.37. The van der Waals surface area contributed by atoms with Crippen molar-refractivity contribution < 1.29 is 24.0 Å². The number of aryl methyl sites for hydroxylation is 1. The lowest BCUT2D eigenvalue weighted by molar-refractivity contribution is -0.114. The van der Waals surface area contributed by atoms with Crippen LogP contribution in [0.3, 0.4) is 0 Å². The maximum atomic E-state index is 13.5. The lowest BCUT2D eigenvalue weighted by atomic mass is 9.83. The van der Waals surface area contributed by atoms with Crippen LogP contribution in [0.1, 0.15) is 53.3 Å². The molecule has 8 nitrogen and oxygen atoms in total. The minimum Gasteiger partial charge on any atom is -0.325 e. The van der Waals surface area contributed by atoms with Gasteiger partial charge in [-0.15, -0.1) is 11.8 Å². The van der Waals surface area contributed by atoms with Crippen molar-refractivity contribution in [2.45, 2.75) is 11.8 Å². The maximum Gasteiger partial charge on any atom is 0.272 e. The van der Waals surface area contributed by atoms with E-state index < -0.39 is 11.8 Å². The van der Waals surface area contributed by atoms with Gasteiger partial charge in [-0.3, -0.25) is 24.0 Å². The van der Waals surface area contributed by atoms with Gasteiger partial charge in [0.15, 0.2) is 11.6 Å². The molecule has 0 aromatic heterocycles. The largest absolute Gasteiger partial charge is 0.325 e. The average molecular weight is 652 g/mol. The zero-order chi connectivity index (χ0) is 33.6. The van der Waals surface area contributed by atoms with Gasteiger partial charge in [-0.05, 0) is 55.0 Å². The fraction of sp³-hybridized carbons (Fsp3) is 0.0513. The first-order valence-corrected chi connectivity index (χ1v) is 16.1. The number of hydrogen-bond acceptors (Lipinski definition) is 6. The predicted octanol–water partition coefficient (Wildman–Crippen LogP) is 6.91. The van der Waals surface area contributed by atoms with Crippen molar-refractivity contribution in [2.75, 3.05) is 16.4 Å². The van der Waals surface area contributed by atoms with Gasteiger partial charge in [0.25, 0.3) is 11.8 Å². The Labute approximate surface area is 281 Å². The van der Waals surface area contributed by atoms with Gasteiger partial charge in [0, 0.05) is 32.8 Å². The summed E-state index contributed by atoms with van der Waals surface area (Å²) in [6.07, 6.45) is 1.61. The number of amides is 3. The van der Waals surface area contributed by atoms with Crippen molar-refractivity contribution in [1.82, 2.24) is 5.32 Å². The number of benzene rings is 5. The molecule has 3 amide bonds. The second kappa shape index (κ2) is 14.1. The summed E-state index contributed by atoms with van der Waals surface area (Å²) in [5.41, 5.74) is 4.10. The highest BCUT2D eigenvalue weighted by molar-refractivity contribution is 8.00. The van der Waals surface area contributed by atoms with Gasteiger partial charge >= 0.3 is 0 Å². The third-order valence-electron chi connectivity index (χ3n) is 7.61. The van der Waals surface area contributed by atoms with Crippen molar-refractivity contribution >= 4 is 58.5 Å². The van der Waals surface area contributed by atoms with E-state index >= 15 is 0 Å². The van der Waals surface area contributed by atoms with Crippen LogP contribution in [0.2, 0.25) is 0 Å². The molecule has 0 spiro atoms. The van der Waals surface area contributed by atoms with Crippen LogP contribution in [-0.4, -0.2) is 35.0 Å². The number of carbonyl (C=O) groups is 5. The van der Waals surface area contributed by atoms with Crippen molar-refractivity contribution in [2.24, 2.45) is 0 Å². The molecule has 6 rings (SSSR count). The normalized spacial score (nSPS) is 12.1. The first-order valence-electron chi connectivity index (χ1n) is 15.1. The van der Waals surface area contributed by atoms with E-state index in [4.69, 9.17) is 0 Å². The van der Waals surface area contributed by atoms with Gasteiger partial charge in [0.2, 0.25) is 5.91 Å². The number of thioether (sulfide) groups is 1. The molecule has 0 unspecified atom stereocenters. The Morgan fingerprint density at radius 3 is 2.10 bits per heavy atom. The Bertz CT molecular complexity index is 2110. The second-order valence-electron chi connectivity index (χ2n) is 11.0. The van der Waals surface area contributed by atoms with Crippen LogP contribution in [0.15, 0.2) is 132 Å². The van der Waals surface area contributed by atoms with E-state index in [-0.39, 0.29) is 45.7 Å². The Morgan fingerprint density at radius 1 is 0.688 bits per heavy atom. The second-order valence-corrected chi connectivity index (χ2v) is 12.1. The Kier molecular flexibility index (Phi) is 9.40. The van der Waals surface area contributed by atoms with Crippen LogP contribution in [0.4, 0.5) is 11.4 Å². The molecule has 3 N–H and O–H groups in total. The lowest BCUT2D eigenvalue weighted by Gasteiger charge is -2.20. The lowest BCUT2D eigenvalue weighted by Crippen LogP contribution is -2.30. The molecule has 1 aliphatic carbocycles. The molecule has 0 bridgehead atoms. The molecule has 0 fully saturated rings. The molecule has 48 heavy (non-hydrogen) atoms. The van der Waals surface area contributed by atoms with Gasteiger partial charge in [-0.2, -0.15) is 0 Å². The third-order valence-corrected chi connectivity index (χ3v) is 8.60. The highest BCUT2D eigenvalue weighted by Gasteiger charge is 2.31. The van der Waals surface area contributed by atoms with Gasteiger partial charge in [0.1, 0.15) is 5.70 Å². The molecule has 0 saturated carbocycles. The highest BCUT2D eigenvalue weighted by Crippen LogP contribution is 2.32. The topological polar surface area (TPSA) is 121 Å². The molecular weight excluding hydrogens is 623 g/mol. The van der Waals surface area contributed by atoms with Crippen LogP contribution < -0.4 is 16.0 Å². The summed E-state index contributed by atoms with van der Waals surface area (Å²) >= 11 is 1.24. The van der Waals surface area contributed by atoms with Crippen LogP contribution in [0.25, 0.3) is 6.08 Å². The van der Waals surface area contributed by atoms with Gasteiger partial charge in [-0.25, -0.2) is 0 Å². The molecule has 9 heteroatoms. The van der Waals surface area contributed by atoms with E-state index in [0.717, 1.165) is 11.1 Å². The number of ketones is 2. The minimum absolute atomic E-state index is 0.00546. The van der Waals surface area contributed by atoms with Gasteiger partial charge in [-0.1, -0.05) is 90.5 Å². The number of fused-ring (bicyclic) bond motifs is 2. The maximum absolute atomic E-state index is 13.5. The van der Waals surface area contributed by atoms with E-state index in [1.165, 1.54) is 11.8 Å². The van der Waals surface area contributed by atoms with Gasteiger partial charge in [0.05, 0.1) is 17.0 Å². The predicted molar refractivity (Wildman–Crippen MR) is 187 cm³/mol. The molecule has 0 heterocycles. The van der Waals surface area contributed by atoms with Gasteiger partial charge < -0.3 is 16.0 Å².